The first-order valence-electron chi connectivity index (χ1n) is 8.63. The van der Waals surface area contributed by atoms with Gasteiger partial charge in [0.05, 0.1) is 11.6 Å². The van der Waals surface area contributed by atoms with Gasteiger partial charge in [-0.2, -0.15) is 0 Å². The van der Waals surface area contributed by atoms with Gasteiger partial charge in [-0.1, -0.05) is 26.8 Å². The summed E-state index contributed by atoms with van der Waals surface area (Å²) < 4.78 is 11.2. The highest BCUT2D eigenvalue weighted by Gasteiger charge is 2.43. The average Bonchev–Trinajstić information content (AvgIpc) is 2.86. The molecule has 1 N–H and O–H groups in total. The van der Waals surface area contributed by atoms with E-state index in [1.165, 1.54) is 0 Å². The van der Waals surface area contributed by atoms with Crippen LogP contribution in [0.25, 0.3) is 0 Å². The van der Waals surface area contributed by atoms with E-state index < -0.39 is 17.7 Å². The summed E-state index contributed by atoms with van der Waals surface area (Å²) in [6, 6.07) is 4.80. The number of nitrogens with zero attached hydrogens (tertiary/aromatic N) is 1. The molecular weight excluding hydrogens is 322 g/mol. The molecule has 3 rings (SSSR count). The fourth-order valence-corrected chi connectivity index (χ4v) is 3.26. The summed E-state index contributed by atoms with van der Waals surface area (Å²) in [6.45, 7) is 6.88. The highest BCUT2D eigenvalue weighted by molar-refractivity contribution is 6.09. The number of hydrogen-bond acceptors (Lipinski definition) is 5. The molecule has 0 radical (unpaired) electrons. The van der Waals surface area contributed by atoms with Crippen molar-refractivity contribution in [3.8, 4) is 11.5 Å². The van der Waals surface area contributed by atoms with Crippen LogP contribution < -0.4 is 9.47 Å². The smallest absolute Gasteiger partial charge is 0.290 e. The third kappa shape index (κ3) is 2.97. The Morgan fingerprint density at radius 1 is 1.28 bits per heavy atom. The molecule has 1 unspecified atom stereocenters. The predicted octanol–water partition coefficient (Wildman–Crippen LogP) is 2.79. The SMILES string of the molecule is CCCN1C(=O)C(O)=C(C(=O)C(C)C)C1c1ccc2c(c1)OCCO2. The Kier molecular flexibility index (Phi) is 4.70. The van der Waals surface area contributed by atoms with Crippen LogP contribution in [0.5, 0.6) is 11.5 Å². The maximum Gasteiger partial charge on any atom is 0.290 e. The highest BCUT2D eigenvalue weighted by atomic mass is 16.6. The topological polar surface area (TPSA) is 76.1 Å². The summed E-state index contributed by atoms with van der Waals surface area (Å²) in [7, 11) is 0. The van der Waals surface area contributed by atoms with Crippen molar-refractivity contribution in [2.75, 3.05) is 19.8 Å². The standard InChI is InChI=1S/C19H23NO5/c1-4-7-20-16(15(17(21)11(2)3)18(22)19(20)23)12-5-6-13-14(10-12)25-9-8-24-13/h5-6,10-11,16,22H,4,7-9H2,1-3H3. The molecule has 6 nitrogen and oxygen atoms in total. The van der Waals surface area contributed by atoms with E-state index >= 15 is 0 Å². The maximum absolute atomic E-state index is 12.7. The van der Waals surface area contributed by atoms with Gasteiger partial charge in [0.2, 0.25) is 0 Å². The zero-order valence-corrected chi connectivity index (χ0v) is 14.7. The van der Waals surface area contributed by atoms with Crippen LogP contribution in [0.15, 0.2) is 29.5 Å². The van der Waals surface area contributed by atoms with Gasteiger partial charge in [0.15, 0.2) is 23.0 Å². The van der Waals surface area contributed by atoms with E-state index in [4.69, 9.17) is 9.47 Å². The molecule has 2 aliphatic heterocycles. The van der Waals surface area contributed by atoms with Crippen LogP contribution in [0.1, 0.15) is 38.8 Å². The predicted molar refractivity (Wildman–Crippen MR) is 91.7 cm³/mol. The molecule has 0 aromatic heterocycles. The minimum absolute atomic E-state index is 0.171. The van der Waals surface area contributed by atoms with Gasteiger partial charge < -0.3 is 19.5 Å². The van der Waals surface area contributed by atoms with E-state index in [0.29, 0.717) is 31.3 Å². The molecule has 1 amide bonds. The van der Waals surface area contributed by atoms with E-state index in [1.807, 2.05) is 13.0 Å². The molecule has 2 aliphatic rings. The van der Waals surface area contributed by atoms with E-state index in [9.17, 15) is 14.7 Å². The van der Waals surface area contributed by atoms with E-state index in [1.54, 1.807) is 30.9 Å². The third-order valence-electron chi connectivity index (χ3n) is 4.44. The van der Waals surface area contributed by atoms with Gasteiger partial charge in [-0.15, -0.1) is 0 Å². The Balaban J connectivity index is 2.08. The lowest BCUT2D eigenvalue weighted by Crippen LogP contribution is -2.32. The Labute approximate surface area is 147 Å². The molecule has 0 saturated carbocycles. The molecule has 2 heterocycles. The van der Waals surface area contributed by atoms with Crippen molar-refractivity contribution in [2.24, 2.45) is 5.92 Å². The number of carbonyl (C=O) groups excluding carboxylic acids is 2. The number of aliphatic hydroxyl groups excluding tert-OH is 1. The zero-order valence-electron chi connectivity index (χ0n) is 14.7. The number of ether oxygens (including phenoxy) is 2. The van der Waals surface area contributed by atoms with Crippen LogP contribution in [-0.2, 0) is 9.59 Å². The van der Waals surface area contributed by atoms with Crippen molar-refractivity contribution in [1.29, 1.82) is 0 Å². The summed E-state index contributed by atoms with van der Waals surface area (Å²) in [5.41, 5.74) is 0.907. The Morgan fingerprint density at radius 3 is 2.60 bits per heavy atom. The molecule has 25 heavy (non-hydrogen) atoms. The second kappa shape index (κ2) is 6.78. The second-order valence-electron chi connectivity index (χ2n) is 6.59. The second-order valence-corrected chi connectivity index (χ2v) is 6.59. The Bertz CT molecular complexity index is 737. The van der Waals surface area contributed by atoms with Crippen molar-refractivity contribution >= 4 is 11.7 Å². The molecule has 1 aromatic rings. The first kappa shape index (κ1) is 17.3. The van der Waals surface area contributed by atoms with Crippen molar-refractivity contribution in [3.63, 3.8) is 0 Å². The first-order chi connectivity index (χ1) is 12.0. The summed E-state index contributed by atoms with van der Waals surface area (Å²) in [6.07, 6.45) is 0.725. The number of fused-ring (bicyclic) bond motifs is 1. The Hall–Kier alpha value is -2.50. The van der Waals surface area contributed by atoms with Crippen LogP contribution in [0.2, 0.25) is 0 Å². The average molecular weight is 345 g/mol. The summed E-state index contributed by atoms with van der Waals surface area (Å²) in [4.78, 5) is 26.7. The lowest BCUT2D eigenvalue weighted by atomic mass is 9.91. The number of hydrogen-bond donors (Lipinski definition) is 1. The van der Waals surface area contributed by atoms with Gasteiger partial charge in [-0.05, 0) is 24.1 Å². The highest BCUT2D eigenvalue weighted by Crippen LogP contribution is 2.42. The molecule has 0 fully saturated rings. The lowest BCUT2D eigenvalue weighted by Gasteiger charge is -2.28. The van der Waals surface area contributed by atoms with Crippen LogP contribution in [0.3, 0.4) is 0 Å². The fraction of sp³-hybridized carbons (Fsp3) is 0.474. The van der Waals surface area contributed by atoms with Crippen LogP contribution >= 0.6 is 0 Å². The number of carbonyl (C=O) groups is 2. The number of Topliss-reactive ketones (excluding diaryl/α,β-unsaturated/α-hetero) is 1. The number of amides is 1. The van der Waals surface area contributed by atoms with Crippen molar-refractivity contribution in [3.05, 3.63) is 35.1 Å². The molecular formula is C19H23NO5. The lowest BCUT2D eigenvalue weighted by molar-refractivity contribution is -0.129. The maximum atomic E-state index is 12.7. The van der Waals surface area contributed by atoms with Gasteiger partial charge in [-0.25, -0.2) is 0 Å². The summed E-state index contributed by atoms with van der Waals surface area (Å²) >= 11 is 0. The molecule has 1 aromatic carbocycles. The van der Waals surface area contributed by atoms with Crippen LogP contribution in [0, 0.1) is 5.92 Å². The van der Waals surface area contributed by atoms with Gasteiger partial charge in [0.25, 0.3) is 5.91 Å². The number of benzene rings is 1. The van der Waals surface area contributed by atoms with Crippen molar-refractivity contribution in [1.82, 2.24) is 4.90 Å². The third-order valence-corrected chi connectivity index (χ3v) is 4.44. The van der Waals surface area contributed by atoms with Crippen LogP contribution in [0.4, 0.5) is 0 Å². The van der Waals surface area contributed by atoms with Crippen LogP contribution in [-0.4, -0.2) is 41.5 Å². The fourth-order valence-electron chi connectivity index (χ4n) is 3.26. The molecule has 0 aliphatic carbocycles. The monoisotopic (exact) mass is 345 g/mol. The quantitative estimate of drug-likeness (QED) is 0.888. The molecule has 0 bridgehead atoms. The molecule has 0 saturated heterocycles. The van der Waals surface area contributed by atoms with Crippen molar-refractivity contribution < 1.29 is 24.2 Å². The summed E-state index contributed by atoms with van der Waals surface area (Å²) in [5.74, 6) is -0.227. The van der Waals surface area contributed by atoms with Crippen molar-refractivity contribution in [2.45, 2.75) is 33.2 Å². The Morgan fingerprint density at radius 2 is 1.96 bits per heavy atom. The molecule has 134 valence electrons. The summed E-state index contributed by atoms with van der Waals surface area (Å²) in [5, 5.41) is 10.4. The van der Waals surface area contributed by atoms with E-state index in [-0.39, 0.29) is 17.3 Å². The van der Waals surface area contributed by atoms with Gasteiger partial charge in [0, 0.05) is 12.5 Å². The van der Waals surface area contributed by atoms with Gasteiger partial charge in [0.1, 0.15) is 13.2 Å². The van der Waals surface area contributed by atoms with E-state index in [2.05, 4.69) is 0 Å². The molecule has 0 spiro atoms. The number of ketones is 1. The normalized spacial score (nSPS) is 19.8. The van der Waals surface area contributed by atoms with Gasteiger partial charge >= 0.3 is 0 Å². The molecule has 6 heteroatoms. The van der Waals surface area contributed by atoms with Gasteiger partial charge in [-0.3, -0.25) is 9.59 Å². The number of aliphatic hydroxyl groups is 1. The minimum atomic E-state index is -0.599. The minimum Gasteiger partial charge on any atom is -0.503 e. The first-order valence-corrected chi connectivity index (χ1v) is 8.63. The number of rotatable bonds is 5. The zero-order chi connectivity index (χ0) is 18.1. The largest absolute Gasteiger partial charge is 0.503 e. The molecule has 1 atom stereocenters. The van der Waals surface area contributed by atoms with E-state index in [0.717, 1.165) is 12.0 Å².